The number of carbonyl (C=O) groups excluding carboxylic acids is 1. The first-order chi connectivity index (χ1) is 9.74. The molecule has 0 saturated heterocycles. The zero-order chi connectivity index (χ0) is 13.9. The molecular weight excluding hydrogens is 292 g/mol. The summed E-state index contributed by atoms with van der Waals surface area (Å²) in [4.78, 5) is 12.8. The fourth-order valence-corrected chi connectivity index (χ4v) is 3.86. The van der Waals surface area contributed by atoms with E-state index in [4.69, 9.17) is 11.6 Å². The van der Waals surface area contributed by atoms with E-state index in [-0.39, 0.29) is 5.78 Å². The molecule has 0 N–H and O–H groups in total. The third kappa shape index (κ3) is 2.96. The van der Waals surface area contributed by atoms with Crippen molar-refractivity contribution in [3.8, 4) is 0 Å². The molecule has 0 amide bonds. The van der Waals surface area contributed by atoms with Crippen LogP contribution in [0, 0.1) is 0 Å². The molecule has 0 aromatic carbocycles. The summed E-state index contributed by atoms with van der Waals surface area (Å²) in [5, 5.41) is 6.96. The molecule has 5 heteroatoms. The molecule has 0 unspecified atom stereocenters. The Morgan fingerprint density at radius 3 is 2.85 bits per heavy atom. The number of thiophene rings is 1. The summed E-state index contributed by atoms with van der Waals surface area (Å²) in [6, 6.07) is 4.23. The van der Waals surface area contributed by atoms with Gasteiger partial charge in [0.15, 0.2) is 5.78 Å². The zero-order valence-corrected chi connectivity index (χ0v) is 12.8. The molecule has 0 bridgehead atoms. The Morgan fingerprint density at radius 2 is 2.15 bits per heavy atom. The van der Waals surface area contributed by atoms with Crippen LogP contribution in [0.25, 0.3) is 0 Å². The van der Waals surface area contributed by atoms with E-state index in [1.54, 1.807) is 6.07 Å². The van der Waals surface area contributed by atoms with Gasteiger partial charge < -0.3 is 0 Å². The van der Waals surface area contributed by atoms with Gasteiger partial charge in [-0.15, -0.1) is 11.3 Å². The fraction of sp³-hybridized carbons (Fsp3) is 0.467. The molecule has 0 atom stereocenters. The topological polar surface area (TPSA) is 34.9 Å². The second-order valence-electron chi connectivity index (χ2n) is 5.28. The average molecular weight is 309 g/mol. The van der Waals surface area contributed by atoms with Crippen LogP contribution in [0.3, 0.4) is 0 Å². The number of hydrogen-bond donors (Lipinski definition) is 0. The number of nitrogens with zero attached hydrogens (tertiary/aromatic N) is 2. The Hall–Kier alpha value is -1.13. The Kier molecular flexibility index (Phi) is 4.22. The molecule has 1 saturated carbocycles. The van der Waals surface area contributed by atoms with Gasteiger partial charge in [0, 0.05) is 6.20 Å². The lowest BCUT2D eigenvalue weighted by Gasteiger charge is -2.21. The van der Waals surface area contributed by atoms with Crippen LogP contribution in [0.4, 0.5) is 0 Å². The third-order valence-electron chi connectivity index (χ3n) is 3.82. The van der Waals surface area contributed by atoms with E-state index in [1.165, 1.54) is 43.4 Å². The minimum absolute atomic E-state index is 0.0545. The first kappa shape index (κ1) is 13.8. The van der Waals surface area contributed by atoms with Crippen LogP contribution in [0.2, 0.25) is 5.02 Å². The Balaban J connectivity index is 1.68. The normalized spacial score (nSPS) is 16.4. The van der Waals surface area contributed by atoms with E-state index >= 15 is 0 Å². The van der Waals surface area contributed by atoms with Crippen LogP contribution in [0.15, 0.2) is 23.7 Å². The first-order valence-electron chi connectivity index (χ1n) is 7.04. The predicted molar refractivity (Wildman–Crippen MR) is 81.7 cm³/mol. The standard InChI is InChI=1S/C15H17ClN2OS/c16-13-7-9-20-15(13)14(19)10-11-6-8-18(17-11)12-4-2-1-3-5-12/h6-9,12H,1-5,10H2. The summed E-state index contributed by atoms with van der Waals surface area (Å²) >= 11 is 7.39. The molecule has 2 aromatic rings. The van der Waals surface area contributed by atoms with Crippen LogP contribution in [-0.4, -0.2) is 15.6 Å². The molecule has 0 spiro atoms. The van der Waals surface area contributed by atoms with Crippen LogP contribution < -0.4 is 0 Å². The summed E-state index contributed by atoms with van der Waals surface area (Å²) in [6.45, 7) is 0. The van der Waals surface area contributed by atoms with Gasteiger partial charge in [-0.2, -0.15) is 5.10 Å². The second-order valence-corrected chi connectivity index (χ2v) is 6.60. The summed E-state index contributed by atoms with van der Waals surface area (Å²) in [6.07, 6.45) is 8.64. The molecule has 20 heavy (non-hydrogen) atoms. The molecule has 3 rings (SSSR count). The van der Waals surface area contributed by atoms with Crippen molar-refractivity contribution >= 4 is 28.7 Å². The summed E-state index contributed by atoms with van der Waals surface area (Å²) in [5.41, 5.74) is 0.838. The van der Waals surface area contributed by atoms with Crippen LogP contribution in [0.5, 0.6) is 0 Å². The molecule has 1 aliphatic carbocycles. The quantitative estimate of drug-likeness (QED) is 0.778. The number of rotatable bonds is 4. The molecule has 3 nitrogen and oxygen atoms in total. The van der Waals surface area contributed by atoms with Crippen LogP contribution in [0.1, 0.15) is 53.5 Å². The maximum Gasteiger partial charge on any atom is 0.180 e. The molecule has 0 aliphatic heterocycles. The Bertz CT molecular complexity index is 599. The zero-order valence-electron chi connectivity index (χ0n) is 11.2. The van der Waals surface area contributed by atoms with Crippen LogP contribution >= 0.6 is 22.9 Å². The highest BCUT2D eigenvalue weighted by Gasteiger charge is 2.18. The number of aromatic nitrogens is 2. The van der Waals surface area contributed by atoms with Gasteiger partial charge in [-0.3, -0.25) is 9.48 Å². The number of halogens is 1. The van der Waals surface area contributed by atoms with E-state index in [1.807, 2.05) is 22.3 Å². The molecule has 2 heterocycles. The molecule has 1 fully saturated rings. The number of carbonyl (C=O) groups is 1. The average Bonchev–Trinajstić information content (AvgIpc) is 3.09. The third-order valence-corrected chi connectivity index (χ3v) is 5.21. The van der Waals surface area contributed by atoms with E-state index in [2.05, 4.69) is 5.10 Å². The van der Waals surface area contributed by atoms with Gasteiger partial charge >= 0.3 is 0 Å². The maximum atomic E-state index is 12.2. The van der Waals surface area contributed by atoms with E-state index in [9.17, 15) is 4.79 Å². The van der Waals surface area contributed by atoms with Crippen molar-refractivity contribution in [2.24, 2.45) is 0 Å². The monoisotopic (exact) mass is 308 g/mol. The maximum absolute atomic E-state index is 12.2. The molecule has 0 radical (unpaired) electrons. The van der Waals surface area contributed by atoms with Crippen molar-refractivity contribution < 1.29 is 4.79 Å². The van der Waals surface area contributed by atoms with Gasteiger partial charge in [0.05, 0.1) is 28.1 Å². The van der Waals surface area contributed by atoms with Crippen molar-refractivity contribution in [1.82, 2.24) is 9.78 Å². The highest BCUT2D eigenvalue weighted by atomic mass is 35.5. The first-order valence-corrected chi connectivity index (χ1v) is 8.30. The smallest absolute Gasteiger partial charge is 0.180 e. The van der Waals surface area contributed by atoms with E-state index < -0.39 is 0 Å². The van der Waals surface area contributed by atoms with Gasteiger partial charge in [-0.1, -0.05) is 30.9 Å². The van der Waals surface area contributed by atoms with Crippen LogP contribution in [-0.2, 0) is 6.42 Å². The number of Topliss-reactive ketones (excluding diaryl/α,β-unsaturated/α-hetero) is 1. The van der Waals surface area contributed by atoms with E-state index in [0.717, 1.165) is 5.69 Å². The SMILES string of the molecule is O=C(Cc1ccn(C2CCCCC2)n1)c1sccc1Cl. The second kappa shape index (κ2) is 6.10. The fourth-order valence-electron chi connectivity index (χ4n) is 2.76. The highest BCUT2D eigenvalue weighted by molar-refractivity contribution is 7.12. The lowest BCUT2D eigenvalue weighted by atomic mass is 9.96. The summed E-state index contributed by atoms with van der Waals surface area (Å²) < 4.78 is 2.04. The van der Waals surface area contributed by atoms with Crippen molar-refractivity contribution in [3.05, 3.63) is 39.3 Å². The lowest BCUT2D eigenvalue weighted by molar-refractivity contribution is 0.0995. The minimum Gasteiger partial charge on any atom is -0.293 e. The number of ketones is 1. The van der Waals surface area contributed by atoms with Crippen molar-refractivity contribution in [2.45, 2.75) is 44.6 Å². The van der Waals surface area contributed by atoms with Gasteiger partial charge in [-0.25, -0.2) is 0 Å². The lowest BCUT2D eigenvalue weighted by Crippen LogP contribution is -2.14. The van der Waals surface area contributed by atoms with Gasteiger partial charge in [0.1, 0.15) is 0 Å². The van der Waals surface area contributed by atoms with Gasteiger partial charge in [-0.05, 0) is 30.4 Å². The Morgan fingerprint density at radius 1 is 1.35 bits per heavy atom. The van der Waals surface area contributed by atoms with Crippen molar-refractivity contribution in [3.63, 3.8) is 0 Å². The molecule has 1 aliphatic rings. The van der Waals surface area contributed by atoms with Crippen molar-refractivity contribution in [1.29, 1.82) is 0 Å². The van der Waals surface area contributed by atoms with Gasteiger partial charge in [0.2, 0.25) is 0 Å². The number of hydrogen-bond acceptors (Lipinski definition) is 3. The predicted octanol–water partition coefficient (Wildman–Crippen LogP) is 4.53. The highest BCUT2D eigenvalue weighted by Crippen LogP contribution is 2.28. The summed E-state index contributed by atoms with van der Waals surface area (Å²) in [7, 11) is 0. The minimum atomic E-state index is 0.0545. The van der Waals surface area contributed by atoms with Crippen molar-refractivity contribution in [2.75, 3.05) is 0 Å². The molecular formula is C15H17ClN2OS. The largest absolute Gasteiger partial charge is 0.293 e. The summed E-state index contributed by atoms with van der Waals surface area (Å²) in [5.74, 6) is 0.0545. The molecule has 106 valence electrons. The van der Waals surface area contributed by atoms with E-state index in [0.29, 0.717) is 22.4 Å². The molecule has 2 aromatic heterocycles. The van der Waals surface area contributed by atoms with Gasteiger partial charge in [0.25, 0.3) is 0 Å². The Labute approximate surface area is 127 Å².